The highest BCUT2D eigenvalue weighted by molar-refractivity contribution is 6.03. The molecule has 29 heavy (non-hydrogen) atoms. The summed E-state index contributed by atoms with van der Waals surface area (Å²) in [5, 5.41) is 31.6. The van der Waals surface area contributed by atoms with Gasteiger partial charge in [0.15, 0.2) is 0 Å². The van der Waals surface area contributed by atoms with Crippen LogP contribution in [0.2, 0.25) is 0 Å². The first-order valence-electron chi connectivity index (χ1n) is 9.53. The van der Waals surface area contributed by atoms with Crippen molar-refractivity contribution in [2.45, 2.75) is 45.6 Å². The molecule has 158 valence electrons. The van der Waals surface area contributed by atoms with Crippen molar-refractivity contribution in [2.75, 3.05) is 6.54 Å². The first-order chi connectivity index (χ1) is 13.6. The van der Waals surface area contributed by atoms with Gasteiger partial charge >= 0.3 is 11.9 Å². The lowest BCUT2D eigenvalue weighted by atomic mass is 9.54. The van der Waals surface area contributed by atoms with Crippen molar-refractivity contribution >= 4 is 23.3 Å². The van der Waals surface area contributed by atoms with E-state index in [1.165, 1.54) is 18.2 Å². The van der Waals surface area contributed by atoms with E-state index in [9.17, 15) is 29.9 Å². The minimum atomic E-state index is -1.55. The standard InChI is InChI=1S/C20H27N3O6/c1-11(6-5-9-21)20(19(26)27)13(3)22-12(2)16(18(24)25)17(20)14-7-4-8-15(10-14)23(28)29/h4,7-8,10-11,13,16-17H,5-6,9,21H2,1-3H3,(H,24,25)(H,26,27). The number of hydrogen-bond donors (Lipinski definition) is 3. The van der Waals surface area contributed by atoms with E-state index in [1.807, 2.05) is 0 Å². The number of carboxylic acids is 2. The van der Waals surface area contributed by atoms with Gasteiger partial charge in [0, 0.05) is 23.8 Å². The van der Waals surface area contributed by atoms with Crippen molar-refractivity contribution in [2.24, 2.45) is 28.0 Å². The fraction of sp³-hybridized carbons (Fsp3) is 0.550. The van der Waals surface area contributed by atoms with Crippen molar-refractivity contribution in [3.63, 3.8) is 0 Å². The first kappa shape index (κ1) is 22.5. The van der Waals surface area contributed by atoms with E-state index in [0.717, 1.165) is 0 Å². The number of nitro benzene ring substituents is 1. The lowest BCUT2D eigenvalue weighted by Gasteiger charge is -2.49. The van der Waals surface area contributed by atoms with E-state index in [2.05, 4.69) is 4.99 Å². The van der Waals surface area contributed by atoms with Crippen molar-refractivity contribution < 1.29 is 24.7 Å². The Kier molecular flexibility index (Phi) is 6.73. The van der Waals surface area contributed by atoms with Gasteiger partial charge in [0.1, 0.15) is 11.3 Å². The second-order valence-electron chi connectivity index (χ2n) is 7.66. The number of aliphatic carboxylic acids is 2. The van der Waals surface area contributed by atoms with E-state index in [-0.39, 0.29) is 5.69 Å². The van der Waals surface area contributed by atoms with Gasteiger partial charge in [-0.2, -0.15) is 0 Å². The minimum Gasteiger partial charge on any atom is -0.481 e. The summed E-state index contributed by atoms with van der Waals surface area (Å²) in [5.74, 6) is -5.04. The maximum atomic E-state index is 12.7. The number of benzene rings is 1. The van der Waals surface area contributed by atoms with Gasteiger partial charge in [-0.3, -0.25) is 24.7 Å². The molecule has 1 aliphatic rings. The molecule has 5 atom stereocenters. The Hall–Kier alpha value is -2.81. The molecule has 9 nitrogen and oxygen atoms in total. The Morgan fingerprint density at radius 2 is 2.03 bits per heavy atom. The molecule has 9 heteroatoms. The van der Waals surface area contributed by atoms with Gasteiger partial charge in [-0.1, -0.05) is 19.1 Å². The summed E-state index contributed by atoms with van der Waals surface area (Å²) < 4.78 is 0. The number of hydrogen-bond acceptors (Lipinski definition) is 6. The molecular formula is C20H27N3O6. The van der Waals surface area contributed by atoms with Crippen LogP contribution in [0.15, 0.2) is 29.3 Å². The Bertz CT molecular complexity index is 839. The molecule has 4 N–H and O–H groups in total. The Balaban J connectivity index is 2.82. The number of aliphatic imine (C=N–C) groups is 1. The topological polar surface area (TPSA) is 156 Å². The van der Waals surface area contributed by atoms with Gasteiger partial charge in [0.25, 0.3) is 5.69 Å². The zero-order chi connectivity index (χ0) is 21.9. The maximum absolute atomic E-state index is 12.7. The normalized spacial score (nSPS) is 27.7. The Labute approximate surface area is 168 Å². The summed E-state index contributed by atoms with van der Waals surface area (Å²) in [7, 11) is 0. The molecule has 0 fully saturated rings. The van der Waals surface area contributed by atoms with E-state index >= 15 is 0 Å². The second-order valence-corrected chi connectivity index (χ2v) is 7.66. The van der Waals surface area contributed by atoms with Crippen LogP contribution in [-0.2, 0) is 9.59 Å². The van der Waals surface area contributed by atoms with Crippen LogP contribution in [-0.4, -0.2) is 45.4 Å². The highest BCUT2D eigenvalue weighted by atomic mass is 16.6. The van der Waals surface area contributed by atoms with Gasteiger partial charge in [0.05, 0.1) is 11.0 Å². The highest BCUT2D eigenvalue weighted by Gasteiger charge is 2.60. The molecule has 0 radical (unpaired) electrons. The van der Waals surface area contributed by atoms with Crippen LogP contribution in [0.5, 0.6) is 0 Å². The number of non-ortho nitro benzene ring substituents is 1. The maximum Gasteiger partial charge on any atom is 0.312 e. The number of carbonyl (C=O) groups is 2. The van der Waals surface area contributed by atoms with E-state index in [0.29, 0.717) is 30.7 Å². The van der Waals surface area contributed by atoms with Crippen LogP contribution in [0.4, 0.5) is 5.69 Å². The zero-order valence-electron chi connectivity index (χ0n) is 16.7. The molecule has 2 rings (SSSR count). The van der Waals surface area contributed by atoms with Crippen molar-refractivity contribution in [1.82, 2.24) is 0 Å². The van der Waals surface area contributed by atoms with Crippen LogP contribution in [0.25, 0.3) is 0 Å². The number of nitro groups is 1. The SMILES string of the molecule is CC1=NC(C)C(C(=O)O)(C(C)CCCN)C(c2cccc([N+](=O)[O-])c2)C1C(=O)O. The molecular weight excluding hydrogens is 378 g/mol. The third-order valence-electron chi connectivity index (χ3n) is 6.12. The average Bonchev–Trinajstić information content (AvgIpc) is 2.65. The van der Waals surface area contributed by atoms with E-state index in [4.69, 9.17) is 5.73 Å². The Morgan fingerprint density at radius 1 is 1.38 bits per heavy atom. The third kappa shape index (κ3) is 3.87. The van der Waals surface area contributed by atoms with Crippen LogP contribution < -0.4 is 5.73 Å². The lowest BCUT2D eigenvalue weighted by molar-refractivity contribution is -0.385. The summed E-state index contributed by atoms with van der Waals surface area (Å²) in [6.45, 7) is 5.37. The molecule has 1 heterocycles. The zero-order valence-corrected chi connectivity index (χ0v) is 16.7. The lowest BCUT2D eigenvalue weighted by Crippen LogP contribution is -2.57. The summed E-state index contributed by atoms with van der Waals surface area (Å²) in [5.41, 5.74) is 4.47. The van der Waals surface area contributed by atoms with Crippen molar-refractivity contribution in [1.29, 1.82) is 0 Å². The molecule has 0 saturated carbocycles. The highest BCUT2D eigenvalue weighted by Crippen LogP contribution is 2.54. The molecule has 0 aliphatic carbocycles. The fourth-order valence-electron chi connectivity index (χ4n) is 4.79. The summed E-state index contributed by atoms with van der Waals surface area (Å²) in [4.78, 5) is 40.1. The van der Waals surface area contributed by atoms with Crippen molar-refractivity contribution in [3.8, 4) is 0 Å². The number of carboxylic acid groups (broad SMARTS) is 2. The summed E-state index contributed by atoms with van der Waals surface area (Å²) in [6, 6.07) is 4.88. The predicted octanol–water partition coefficient (Wildman–Crippen LogP) is 2.69. The van der Waals surface area contributed by atoms with Crippen LogP contribution in [0.1, 0.15) is 45.1 Å². The fourth-order valence-corrected chi connectivity index (χ4v) is 4.79. The van der Waals surface area contributed by atoms with Gasteiger partial charge in [0.2, 0.25) is 0 Å². The first-order valence-corrected chi connectivity index (χ1v) is 9.53. The molecule has 0 amide bonds. The summed E-state index contributed by atoms with van der Waals surface area (Å²) in [6.07, 6.45) is 1.05. The number of rotatable bonds is 8. The molecule has 0 bridgehead atoms. The van der Waals surface area contributed by atoms with E-state index < -0.39 is 46.1 Å². The van der Waals surface area contributed by atoms with Crippen molar-refractivity contribution in [3.05, 3.63) is 39.9 Å². The molecule has 0 aromatic heterocycles. The molecule has 1 aromatic carbocycles. The minimum absolute atomic E-state index is 0.214. The monoisotopic (exact) mass is 405 g/mol. The number of nitrogens with two attached hydrogens (primary N) is 1. The predicted molar refractivity (Wildman–Crippen MR) is 107 cm³/mol. The molecule has 0 spiro atoms. The quantitative estimate of drug-likeness (QED) is 0.443. The van der Waals surface area contributed by atoms with Crippen LogP contribution >= 0.6 is 0 Å². The van der Waals surface area contributed by atoms with Crippen LogP contribution in [0.3, 0.4) is 0 Å². The summed E-state index contributed by atoms with van der Waals surface area (Å²) >= 11 is 0. The molecule has 0 saturated heterocycles. The third-order valence-corrected chi connectivity index (χ3v) is 6.12. The largest absolute Gasteiger partial charge is 0.481 e. The Morgan fingerprint density at radius 3 is 2.55 bits per heavy atom. The van der Waals surface area contributed by atoms with Crippen LogP contribution in [0, 0.1) is 27.4 Å². The smallest absolute Gasteiger partial charge is 0.312 e. The van der Waals surface area contributed by atoms with Gasteiger partial charge in [-0.05, 0) is 44.7 Å². The average molecular weight is 405 g/mol. The number of nitrogens with zero attached hydrogens (tertiary/aromatic N) is 2. The van der Waals surface area contributed by atoms with Gasteiger partial charge in [-0.15, -0.1) is 0 Å². The van der Waals surface area contributed by atoms with E-state index in [1.54, 1.807) is 26.8 Å². The molecule has 1 aromatic rings. The van der Waals surface area contributed by atoms with Gasteiger partial charge in [-0.25, -0.2) is 0 Å². The molecule has 1 aliphatic heterocycles. The van der Waals surface area contributed by atoms with Gasteiger partial charge < -0.3 is 15.9 Å². The second kappa shape index (κ2) is 8.69. The molecule has 5 unspecified atom stereocenters.